The number of hydrogen-bond donors (Lipinski definition) is 2. The van der Waals surface area contributed by atoms with Gasteiger partial charge >= 0.3 is 0 Å². The van der Waals surface area contributed by atoms with Crippen LogP contribution in [0.4, 0.5) is 11.4 Å². The van der Waals surface area contributed by atoms with Crippen molar-refractivity contribution in [3.8, 4) is 5.75 Å². The molecule has 0 radical (unpaired) electrons. The number of nitrogens with zero attached hydrogens (tertiary/aromatic N) is 2. The molecule has 0 spiro atoms. The predicted octanol–water partition coefficient (Wildman–Crippen LogP) is 3.61. The molecule has 1 atom stereocenters. The molecule has 3 rings (SSSR count). The van der Waals surface area contributed by atoms with Crippen molar-refractivity contribution in [3.63, 3.8) is 0 Å². The van der Waals surface area contributed by atoms with Gasteiger partial charge in [-0.2, -0.15) is 0 Å². The van der Waals surface area contributed by atoms with Crippen molar-refractivity contribution < 1.29 is 9.90 Å². The first-order valence-electron chi connectivity index (χ1n) is 8.79. The Hall–Kier alpha value is -2.05. The maximum Gasteiger partial charge on any atom is 0.241 e. The molecule has 138 valence electrons. The van der Waals surface area contributed by atoms with Crippen LogP contribution in [0.15, 0.2) is 46.9 Å². The smallest absolute Gasteiger partial charge is 0.241 e. The summed E-state index contributed by atoms with van der Waals surface area (Å²) in [6, 6.07) is 13.0. The number of amides is 1. The number of anilines is 2. The van der Waals surface area contributed by atoms with E-state index in [9.17, 15) is 9.90 Å². The highest BCUT2D eigenvalue weighted by molar-refractivity contribution is 9.10. The first-order chi connectivity index (χ1) is 12.4. The van der Waals surface area contributed by atoms with E-state index in [2.05, 4.69) is 31.0 Å². The molecule has 1 aliphatic rings. The van der Waals surface area contributed by atoms with Crippen LogP contribution in [0.3, 0.4) is 0 Å². The molecular weight excluding hydrogens is 394 g/mol. The van der Waals surface area contributed by atoms with E-state index in [0.717, 1.165) is 47.6 Å². The number of aryl methyl sites for hydroxylation is 1. The molecule has 0 bridgehead atoms. The van der Waals surface area contributed by atoms with E-state index in [1.165, 1.54) is 0 Å². The Morgan fingerprint density at radius 1 is 1.12 bits per heavy atom. The van der Waals surface area contributed by atoms with Crippen molar-refractivity contribution in [2.75, 3.05) is 36.4 Å². The fourth-order valence-corrected chi connectivity index (χ4v) is 3.75. The summed E-state index contributed by atoms with van der Waals surface area (Å²) in [5.74, 6) is 0.285. The number of carbonyl (C=O) groups is 1. The zero-order chi connectivity index (χ0) is 18.7. The number of nitrogens with one attached hydrogen (secondary N) is 1. The predicted molar refractivity (Wildman–Crippen MR) is 109 cm³/mol. The fourth-order valence-electron chi connectivity index (χ4n) is 3.16. The zero-order valence-corrected chi connectivity index (χ0v) is 16.7. The molecule has 1 amide bonds. The Labute approximate surface area is 162 Å². The summed E-state index contributed by atoms with van der Waals surface area (Å²) in [7, 11) is 0. The van der Waals surface area contributed by atoms with Gasteiger partial charge in [-0.3, -0.25) is 9.69 Å². The van der Waals surface area contributed by atoms with Crippen molar-refractivity contribution in [2.24, 2.45) is 0 Å². The van der Waals surface area contributed by atoms with Gasteiger partial charge in [0.25, 0.3) is 0 Å². The van der Waals surface area contributed by atoms with Crippen molar-refractivity contribution in [1.29, 1.82) is 0 Å². The van der Waals surface area contributed by atoms with Crippen molar-refractivity contribution >= 4 is 33.2 Å². The van der Waals surface area contributed by atoms with Gasteiger partial charge in [0.2, 0.25) is 5.91 Å². The van der Waals surface area contributed by atoms with Crippen LogP contribution < -0.4 is 10.2 Å². The zero-order valence-electron chi connectivity index (χ0n) is 15.1. The van der Waals surface area contributed by atoms with E-state index in [4.69, 9.17) is 0 Å². The van der Waals surface area contributed by atoms with Gasteiger partial charge < -0.3 is 15.3 Å². The highest BCUT2D eigenvalue weighted by Crippen LogP contribution is 2.24. The number of aromatic hydroxyl groups is 1. The Kier molecular flexibility index (Phi) is 5.84. The summed E-state index contributed by atoms with van der Waals surface area (Å²) in [5, 5.41) is 12.4. The number of piperazine rings is 1. The number of phenolic OH excluding ortho intramolecular Hbond substituents is 1. The van der Waals surface area contributed by atoms with Gasteiger partial charge in [-0.1, -0.05) is 6.07 Å². The molecular formula is C20H24BrN3O2. The summed E-state index contributed by atoms with van der Waals surface area (Å²) in [6.07, 6.45) is 0. The minimum atomic E-state index is -0.190. The van der Waals surface area contributed by atoms with Crippen molar-refractivity contribution in [2.45, 2.75) is 19.9 Å². The standard InChI is InChI=1S/C20H24BrN3O2/c1-14-3-8-19(18(21)13-14)22-20(26)15(2)23-9-11-24(12-10-23)16-4-6-17(25)7-5-16/h3-8,13,15,25H,9-12H2,1-2H3,(H,22,26). The van der Waals surface area contributed by atoms with Crippen LogP contribution in [0.2, 0.25) is 0 Å². The van der Waals surface area contributed by atoms with Gasteiger partial charge in [0.1, 0.15) is 5.75 Å². The lowest BCUT2D eigenvalue weighted by Gasteiger charge is -2.38. The highest BCUT2D eigenvalue weighted by atomic mass is 79.9. The van der Waals surface area contributed by atoms with Crippen LogP contribution in [-0.2, 0) is 4.79 Å². The molecule has 5 nitrogen and oxygen atoms in total. The van der Waals surface area contributed by atoms with Crippen LogP contribution in [0.25, 0.3) is 0 Å². The molecule has 1 fully saturated rings. The molecule has 1 aliphatic heterocycles. The second-order valence-electron chi connectivity index (χ2n) is 6.69. The molecule has 2 aromatic rings. The average molecular weight is 418 g/mol. The second kappa shape index (κ2) is 8.10. The normalized spacial score (nSPS) is 16.3. The molecule has 0 aliphatic carbocycles. The SMILES string of the molecule is Cc1ccc(NC(=O)C(C)N2CCN(c3ccc(O)cc3)CC2)c(Br)c1. The topological polar surface area (TPSA) is 55.8 Å². The van der Waals surface area contributed by atoms with E-state index < -0.39 is 0 Å². The summed E-state index contributed by atoms with van der Waals surface area (Å²) in [4.78, 5) is 17.1. The summed E-state index contributed by atoms with van der Waals surface area (Å²) >= 11 is 3.51. The molecule has 6 heteroatoms. The van der Waals surface area contributed by atoms with Crippen molar-refractivity contribution in [3.05, 3.63) is 52.5 Å². The Morgan fingerprint density at radius 3 is 2.38 bits per heavy atom. The molecule has 0 aromatic heterocycles. The minimum absolute atomic E-state index is 0.00707. The first kappa shape index (κ1) is 18.7. The summed E-state index contributed by atoms with van der Waals surface area (Å²) in [5.41, 5.74) is 3.05. The maximum atomic E-state index is 12.6. The van der Waals surface area contributed by atoms with Gasteiger partial charge in [0.15, 0.2) is 0 Å². The second-order valence-corrected chi connectivity index (χ2v) is 7.54. The minimum Gasteiger partial charge on any atom is -0.508 e. The van der Waals surface area contributed by atoms with E-state index in [1.54, 1.807) is 12.1 Å². The fraction of sp³-hybridized carbons (Fsp3) is 0.350. The van der Waals surface area contributed by atoms with Crippen LogP contribution in [-0.4, -0.2) is 48.1 Å². The number of phenols is 1. The largest absolute Gasteiger partial charge is 0.508 e. The average Bonchev–Trinajstić information content (AvgIpc) is 2.64. The molecule has 2 N–H and O–H groups in total. The molecule has 0 saturated carbocycles. The van der Waals surface area contributed by atoms with E-state index in [0.29, 0.717) is 0 Å². The molecule has 1 saturated heterocycles. The van der Waals surface area contributed by atoms with Crippen LogP contribution in [0, 0.1) is 6.92 Å². The summed E-state index contributed by atoms with van der Waals surface area (Å²) < 4.78 is 0.898. The van der Waals surface area contributed by atoms with E-state index in [1.807, 2.05) is 44.2 Å². The Balaban J connectivity index is 1.56. The van der Waals surface area contributed by atoms with Gasteiger partial charge in [-0.15, -0.1) is 0 Å². The molecule has 1 unspecified atom stereocenters. The lowest BCUT2D eigenvalue weighted by atomic mass is 10.2. The quantitative estimate of drug-likeness (QED) is 0.797. The third kappa shape index (κ3) is 4.37. The van der Waals surface area contributed by atoms with Crippen LogP contribution >= 0.6 is 15.9 Å². The lowest BCUT2D eigenvalue weighted by molar-refractivity contribution is -0.120. The third-order valence-electron chi connectivity index (χ3n) is 4.84. The van der Waals surface area contributed by atoms with Gasteiger partial charge in [0.05, 0.1) is 11.7 Å². The maximum absolute atomic E-state index is 12.6. The number of hydrogen-bond acceptors (Lipinski definition) is 4. The molecule has 2 aromatic carbocycles. The molecule has 26 heavy (non-hydrogen) atoms. The van der Waals surface area contributed by atoms with Gasteiger partial charge in [-0.05, 0) is 71.7 Å². The first-order valence-corrected chi connectivity index (χ1v) is 9.58. The lowest BCUT2D eigenvalue weighted by Crippen LogP contribution is -2.52. The number of benzene rings is 2. The number of halogens is 1. The van der Waals surface area contributed by atoms with Crippen LogP contribution in [0.5, 0.6) is 5.75 Å². The Bertz CT molecular complexity index is 771. The summed E-state index contributed by atoms with van der Waals surface area (Å²) in [6.45, 7) is 7.34. The van der Waals surface area contributed by atoms with Gasteiger partial charge in [0, 0.05) is 36.3 Å². The van der Waals surface area contributed by atoms with Crippen molar-refractivity contribution in [1.82, 2.24) is 4.90 Å². The molecule has 1 heterocycles. The Morgan fingerprint density at radius 2 is 1.77 bits per heavy atom. The monoisotopic (exact) mass is 417 g/mol. The highest BCUT2D eigenvalue weighted by Gasteiger charge is 2.26. The van der Waals surface area contributed by atoms with E-state index in [-0.39, 0.29) is 17.7 Å². The van der Waals surface area contributed by atoms with E-state index >= 15 is 0 Å². The van der Waals surface area contributed by atoms with Gasteiger partial charge in [-0.25, -0.2) is 0 Å². The van der Waals surface area contributed by atoms with Crippen LogP contribution in [0.1, 0.15) is 12.5 Å². The third-order valence-corrected chi connectivity index (χ3v) is 5.49. The number of rotatable bonds is 4. The number of carbonyl (C=O) groups excluding carboxylic acids is 1.